The Morgan fingerprint density at radius 2 is 2.27 bits per heavy atom. The summed E-state index contributed by atoms with van der Waals surface area (Å²) in [5.41, 5.74) is 0.763. The Morgan fingerprint density at radius 1 is 1.60 bits per heavy atom. The summed E-state index contributed by atoms with van der Waals surface area (Å²) in [6.45, 7) is 5.79. The van der Waals surface area contributed by atoms with Crippen molar-refractivity contribution < 1.29 is 4.79 Å². The van der Waals surface area contributed by atoms with E-state index in [9.17, 15) is 9.59 Å². The zero-order valence-electron chi connectivity index (χ0n) is 9.54. The number of H-pyrrole nitrogens is 1. The van der Waals surface area contributed by atoms with E-state index in [0.717, 1.165) is 12.1 Å². The molecule has 0 aromatic carbocycles. The van der Waals surface area contributed by atoms with Gasteiger partial charge in [-0.1, -0.05) is 6.92 Å². The monoisotopic (exact) mass is 210 g/mol. The number of hydrogen-bond donors (Lipinski definition) is 1. The van der Waals surface area contributed by atoms with Crippen LogP contribution in [0.25, 0.3) is 0 Å². The van der Waals surface area contributed by atoms with Crippen molar-refractivity contribution in [2.24, 2.45) is 0 Å². The largest absolute Gasteiger partial charge is 0.300 e. The van der Waals surface area contributed by atoms with Crippen molar-refractivity contribution in [3.63, 3.8) is 0 Å². The second-order valence-corrected chi connectivity index (χ2v) is 3.97. The number of rotatable bonds is 5. The summed E-state index contributed by atoms with van der Waals surface area (Å²) in [6.07, 6.45) is 1.99. The molecule has 4 nitrogen and oxygen atoms in total. The molecule has 0 unspecified atom stereocenters. The van der Waals surface area contributed by atoms with Crippen LogP contribution in [0.3, 0.4) is 0 Å². The maximum Gasteiger partial charge on any atom is 0.264 e. The topological polar surface area (TPSA) is 54.9 Å². The second kappa shape index (κ2) is 4.96. The highest BCUT2D eigenvalue weighted by atomic mass is 16.1. The van der Waals surface area contributed by atoms with Crippen LogP contribution in [0.5, 0.6) is 0 Å². The average molecular weight is 210 g/mol. The van der Waals surface area contributed by atoms with Gasteiger partial charge in [0.15, 0.2) is 0 Å². The van der Waals surface area contributed by atoms with Gasteiger partial charge in [0.25, 0.3) is 5.56 Å². The van der Waals surface area contributed by atoms with E-state index in [-0.39, 0.29) is 17.4 Å². The fourth-order valence-electron chi connectivity index (χ4n) is 1.76. The van der Waals surface area contributed by atoms with E-state index < -0.39 is 0 Å². The third-order valence-electron chi connectivity index (χ3n) is 2.44. The van der Waals surface area contributed by atoms with Crippen LogP contribution in [0.4, 0.5) is 0 Å². The fourth-order valence-corrected chi connectivity index (χ4v) is 1.76. The highest BCUT2D eigenvalue weighted by Crippen LogP contribution is 2.12. The lowest BCUT2D eigenvalue weighted by atomic mass is 10.1. The third-order valence-corrected chi connectivity index (χ3v) is 2.44. The summed E-state index contributed by atoms with van der Waals surface area (Å²) in [4.78, 5) is 22.5. The van der Waals surface area contributed by atoms with Crippen molar-refractivity contribution in [3.8, 4) is 0 Å². The van der Waals surface area contributed by atoms with Gasteiger partial charge in [-0.25, -0.2) is 0 Å². The minimum Gasteiger partial charge on any atom is -0.300 e. The van der Waals surface area contributed by atoms with Gasteiger partial charge in [0.2, 0.25) is 0 Å². The van der Waals surface area contributed by atoms with Crippen LogP contribution >= 0.6 is 0 Å². The molecule has 0 amide bonds. The van der Waals surface area contributed by atoms with Gasteiger partial charge in [-0.05, 0) is 20.3 Å². The molecule has 1 atom stereocenters. The third kappa shape index (κ3) is 3.08. The summed E-state index contributed by atoms with van der Waals surface area (Å²) in [5, 5.41) is 2.70. The molecule has 0 fully saturated rings. The van der Waals surface area contributed by atoms with Gasteiger partial charge in [-0.3, -0.25) is 19.4 Å². The Bertz CT molecular complexity index is 390. The molecule has 0 aliphatic carbocycles. The molecule has 4 heteroatoms. The predicted molar refractivity (Wildman–Crippen MR) is 59.0 cm³/mol. The summed E-state index contributed by atoms with van der Waals surface area (Å²) >= 11 is 0. The van der Waals surface area contributed by atoms with E-state index in [1.165, 1.54) is 0 Å². The van der Waals surface area contributed by atoms with Crippen molar-refractivity contribution in [1.29, 1.82) is 0 Å². The first kappa shape index (κ1) is 11.8. The molecular weight excluding hydrogens is 192 g/mol. The lowest BCUT2D eigenvalue weighted by Gasteiger charge is -2.13. The van der Waals surface area contributed by atoms with Gasteiger partial charge in [0.05, 0.1) is 6.04 Å². The molecule has 0 spiro atoms. The van der Waals surface area contributed by atoms with Crippen molar-refractivity contribution in [1.82, 2.24) is 9.78 Å². The number of carbonyl (C=O) groups excluding carboxylic acids is 1. The van der Waals surface area contributed by atoms with Crippen LogP contribution < -0.4 is 5.56 Å². The van der Waals surface area contributed by atoms with E-state index in [0.29, 0.717) is 12.8 Å². The number of aryl methyl sites for hydroxylation is 1. The van der Waals surface area contributed by atoms with E-state index >= 15 is 0 Å². The van der Waals surface area contributed by atoms with E-state index in [4.69, 9.17) is 0 Å². The first-order valence-corrected chi connectivity index (χ1v) is 5.34. The lowest BCUT2D eigenvalue weighted by Crippen LogP contribution is -2.15. The zero-order valence-corrected chi connectivity index (χ0v) is 9.54. The van der Waals surface area contributed by atoms with Crippen LogP contribution in [0.2, 0.25) is 0 Å². The number of Topliss-reactive ketones (excluding diaryl/α,β-unsaturated/α-hetero) is 1. The van der Waals surface area contributed by atoms with Gasteiger partial charge in [0.1, 0.15) is 5.78 Å². The lowest BCUT2D eigenvalue weighted by molar-refractivity contribution is -0.119. The van der Waals surface area contributed by atoms with Gasteiger partial charge in [-0.15, -0.1) is 0 Å². The van der Waals surface area contributed by atoms with Gasteiger partial charge in [-0.2, -0.15) is 0 Å². The van der Waals surface area contributed by atoms with Gasteiger partial charge >= 0.3 is 0 Å². The number of nitrogens with zero attached hydrogens (tertiary/aromatic N) is 1. The van der Waals surface area contributed by atoms with Gasteiger partial charge < -0.3 is 0 Å². The Hall–Kier alpha value is -1.32. The van der Waals surface area contributed by atoms with Crippen LogP contribution in [0.15, 0.2) is 10.9 Å². The standard InChI is InChI=1S/C11H18N2O2/c1-4-5-10(14)6-8(2)13-9(3)7-11(15)12-13/h7-8H,4-6H2,1-3H3,(H,12,15)/t8-/m1/s1. The minimum atomic E-state index is -0.109. The second-order valence-electron chi connectivity index (χ2n) is 3.97. The van der Waals surface area contributed by atoms with Crippen molar-refractivity contribution >= 4 is 5.78 Å². The number of nitrogens with one attached hydrogen (secondary N) is 1. The van der Waals surface area contributed by atoms with Crippen molar-refractivity contribution in [2.45, 2.75) is 46.1 Å². The highest BCUT2D eigenvalue weighted by Gasteiger charge is 2.12. The number of hydrogen-bond acceptors (Lipinski definition) is 2. The van der Waals surface area contributed by atoms with Gasteiger partial charge in [0, 0.05) is 24.6 Å². The molecule has 0 radical (unpaired) electrons. The van der Waals surface area contributed by atoms with E-state index in [1.807, 2.05) is 20.8 Å². The van der Waals surface area contributed by atoms with Crippen LogP contribution in [-0.4, -0.2) is 15.6 Å². The summed E-state index contributed by atoms with van der Waals surface area (Å²) in [5.74, 6) is 0.249. The summed E-state index contributed by atoms with van der Waals surface area (Å²) in [7, 11) is 0. The molecule has 0 saturated carbocycles. The number of aromatic amines is 1. The molecule has 1 aromatic rings. The predicted octanol–water partition coefficient (Wildman–Crippen LogP) is 1.81. The van der Waals surface area contributed by atoms with E-state index in [1.54, 1.807) is 10.7 Å². The quantitative estimate of drug-likeness (QED) is 0.805. The van der Waals surface area contributed by atoms with E-state index in [2.05, 4.69) is 5.10 Å². The maximum absolute atomic E-state index is 11.4. The summed E-state index contributed by atoms with van der Waals surface area (Å²) < 4.78 is 1.76. The molecule has 1 heterocycles. The molecule has 1 aromatic heterocycles. The average Bonchev–Trinajstić information content (AvgIpc) is 2.45. The minimum absolute atomic E-state index is 0.0340. The molecule has 1 rings (SSSR count). The molecule has 84 valence electrons. The molecule has 0 aliphatic rings. The van der Waals surface area contributed by atoms with Crippen LogP contribution in [0.1, 0.15) is 44.8 Å². The molecule has 0 bridgehead atoms. The SMILES string of the molecule is CCCC(=O)C[C@@H](C)n1[nH]c(=O)cc1C. The Morgan fingerprint density at radius 3 is 2.73 bits per heavy atom. The molecule has 0 saturated heterocycles. The normalized spacial score (nSPS) is 12.7. The number of carbonyl (C=O) groups is 1. The first-order valence-electron chi connectivity index (χ1n) is 5.34. The Balaban J connectivity index is 2.68. The Kier molecular flexibility index (Phi) is 3.88. The maximum atomic E-state index is 11.4. The summed E-state index contributed by atoms with van der Waals surface area (Å²) in [6, 6.07) is 1.58. The van der Waals surface area contributed by atoms with Crippen LogP contribution in [0, 0.1) is 6.92 Å². The molecule has 0 aliphatic heterocycles. The molecular formula is C11H18N2O2. The Labute approximate surface area is 89.3 Å². The first-order chi connectivity index (χ1) is 7.04. The van der Waals surface area contributed by atoms with Crippen molar-refractivity contribution in [3.05, 3.63) is 22.1 Å². The smallest absolute Gasteiger partial charge is 0.264 e. The number of aromatic nitrogens is 2. The van der Waals surface area contributed by atoms with Crippen LogP contribution in [-0.2, 0) is 4.79 Å². The molecule has 15 heavy (non-hydrogen) atoms. The molecule has 1 N–H and O–H groups in total. The van der Waals surface area contributed by atoms with Crippen molar-refractivity contribution in [2.75, 3.05) is 0 Å². The fraction of sp³-hybridized carbons (Fsp3) is 0.636. The number of ketones is 1. The highest BCUT2D eigenvalue weighted by molar-refractivity contribution is 5.78. The zero-order chi connectivity index (χ0) is 11.4.